The number of nitrogens with one attached hydrogen (secondary N) is 2. The number of nitrogens with zero attached hydrogens (tertiary/aromatic N) is 4. The summed E-state index contributed by atoms with van der Waals surface area (Å²) in [6, 6.07) is 10.7. The SMILES string of the molecule is COC[C@H](C)Oc1cc(Oc2ncc(C(=O)NCCN(C)C)cc2Cl)cc(-c2nc3ncccc3[nH]2)c1. The van der Waals surface area contributed by atoms with Gasteiger partial charge in [-0.25, -0.2) is 15.0 Å². The monoisotopic (exact) mass is 524 g/mol. The van der Waals surface area contributed by atoms with Crippen LogP contribution in [0, 0.1) is 0 Å². The number of H-pyrrole nitrogens is 1. The third-order valence-electron chi connectivity index (χ3n) is 5.28. The highest BCUT2D eigenvalue weighted by molar-refractivity contribution is 6.32. The Balaban J connectivity index is 1.60. The Labute approximate surface area is 219 Å². The molecule has 0 aliphatic rings. The van der Waals surface area contributed by atoms with E-state index in [9.17, 15) is 4.79 Å². The van der Waals surface area contributed by atoms with Crippen molar-refractivity contribution in [3.05, 3.63) is 59.4 Å². The lowest BCUT2D eigenvalue weighted by atomic mass is 10.2. The second-order valence-electron chi connectivity index (χ2n) is 8.71. The number of carbonyl (C=O) groups excluding carboxylic acids is 1. The van der Waals surface area contributed by atoms with E-state index >= 15 is 0 Å². The van der Waals surface area contributed by atoms with Gasteiger partial charge in [0, 0.05) is 44.2 Å². The zero-order chi connectivity index (χ0) is 26.4. The van der Waals surface area contributed by atoms with Gasteiger partial charge in [0.1, 0.15) is 28.5 Å². The summed E-state index contributed by atoms with van der Waals surface area (Å²) in [6.07, 6.45) is 2.92. The first kappa shape index (κ1) is 26.3. The molecule has 0 aliphatic carbocycles. The third-order valence-corrected chi connectivity index (χ3v) is 5.55. The highest BCUT2D eigenvalue weighted by atomic mass is 35.5. The third kappa shape index (κ3) is 6.94. The van der Waals surface area contributed by atoms with Crippen LogP contribution in [-0.2, 0) is 4.74 Å². The van der Waals surface area contributed by atoms with E-state index in [1.54, 1.807) is 25.4 Å². The first-order valence-corrected chi connectivity index (χ1v) is 12.1. The minimum atomic E-state index is -0.258. The van der Waals surface area contributed by atoms with Crippen molar-refractivity contribution in [2.45, 2.75) is 13.0 Å². The number of rotatable bonds is 11. The van der Waals surface area contributed by atoms with Crippen LogP contribution in [0.5, 0.6) is 17.4 Å². The van der Waals surface area contributed by atoms with E-state index in [0.717, 1.165) is 17.6 Å². The molecule has 4 aromatic rings. The van der Waals surface area contributed by atoms with Gasteiger partial charge in [-0.2, -0.15) is 0 Å². The summed E-state index contributed by atoms with van der Waals surface area (Å²) in [7, 11) is 5.49. The molecule has 0 spiro atoms. The molecule has 0 saturated carbocycles. The number of pyridine rings is 2. The minimum Gasteiger partial charge on any atom is -0.488 e. The standard InChI is InChI=1S/C26H29ClN6O4/c1-16(15-35-4)36-19-10-17(23-31-22-6-5-7-28-24(22)32-23)11-20(13-19)37-26-21(27)12-18(14-30-26)25(34)29-8-9-33(2)3/h5-7,10-14,16H,8-9,15H2,1-4H3,(H,29,34)(H,28,31,32)/t16-/m0/s1. The number of benzene rings is 1. The molecule has 0 bridgehead atoms. The molecule has 0 unspecified atom stereocenters. The predicted octanol–water partition coefficient (Wildman–Crippen LogP) is 4.17. The second kappa shape index (κ2) is 12.0. The molecule has 37 heavy (non-hydrogen) atoms. The zero-order valence-electron chi connectivity index (χ0n) is 21.1. The molecule has 0 saturated heterocycles. The van der Waals surface area contributed by atoms with Gasteiger partial charge in [0.15, 0.2) is 5.65 Å². The van der Waals surface area contributed by atoms with Crippen LogP contribution in [0.3, 0.4) is 0 Å². The fourth-order valence-electron chi connectivity index (χ4n) is 3.55. The molecule has 3 heterocycles. The number of imidazole rings is 1. The number of fused-ring (bicyclic) bond motifs is 1. The van der Waals surface area contributed by atoms with Crippen molar-refractivity contribution in [2.24, 2.45) is 0 Å². The van der Waals surface area contributed by atoms with Gasteiger partial charge in [0.2, 0.25) is 5.88 Å². The van der Waals surface area contributed by atoms with Crippen LogP contribution in [0.15, 0.2) is 48.8 Å². The predicted molar refractivity (Wildman–Crippen MR) is 141 cm³/mol. The fourth-order valence-corrected chi connectivity index (χ4v) is 3.75. The highest BCUT2D eigenvalue weighted by Crippen LogP contribution is 2.34. The van der Waals surface area contributed by atoms with Crippen molar-refractivity contribution in [1.29, 1.82) is 0 Å². The average molecular weight is 525 g/mol. The van der Waals surface area contributed by atoms with E-state index in [1.807, 2.05) is 44.1 Å². The number of aromatic amines is 1. The number of aromatic nitrogens is 4. The van der Waals surface area contributed by atoms with E-state index in [2.05, 4.69) is 25.3 Å². The lowest BCUT2D eigenvalue weighted by Crippen LogP contribution is -2.31. The molecule has 0 aliphatic heterocycles. The van der Waals surface area contributed by atoms with Crippen LogP contribution in [0.25, 0.3) is 22.6 Å². The van der Waals surface area contributed by atoms with Crippen LogP contribution in [0.4, 0.5) is 0 Å². The summed E-state index contributed by atoms with van der Waals surface area (Å²) in [5.41, 5.74) is 2.48. The van der Waals surface area contributed by atoms with Gasteiger partial charge in [-0.05, 0) is 51.4 Å². The number of halogens is 1. The summed E-state index contributed by atoms with van der Waals surface area (Å²) in [5.74, 6) is 1.49. The van der Waals surface area contributed by atoms with E-state index in [-0.39, 0.29) is 22.9 Å². The number of amides is 1. The molecule has 4 rings (SSSR count). The summed E-state index contributed by atoms with van der Waals surface area (Å²) < 4.78 is 17.3. The van der Waals surface area contributed by atoms with Crippen molar-refractivity contribution in [3.63, 3.8) is 0 Å². The molecule has 1 aromatic carbocycles. The summed E-state index contributed by atoms with van der Waals surface area (Å²) in [4.78, 5) is 30.8. The van der Waals surface area contributed by atoms with E-state index < -0.39 is 0 Å². The number of methoxy groups -OCH3 is 1. The van der Waals surface area contributed by atoms with Gasteiger partial charge in [-0.1, -0.05) is 11.6 Å². The maximum Gasteiger partial charge on any atom is 0.252 e. The molecule has 3 aromatic heterocycles. The van der Waals surface area contributed by atoms with Crippen molar-refractivity contribution >= 4 is 28.7 Å². The van der Waals surface area contributed by atoms with Crippen LogP contribution in [-0.4, -0.2) is 77.7 Å². The Morgan fingerprint density at radius 1 is 1.19 bits per heavy atom. The lowest BCUT2D eigenvalue weighted by Gasteiger charge is -2.16. The minimum absolute atomic E-state index is 0.158. The van der Waals surface area contributed by atoms with Crippen LogP contribution in [0.1, 0.15) is 17.3 Å². The average Bonchev–Trinajstić information content (AvgIpc) is 3.29. The molecule has 0 radical (unpaired) electrons. The number of likely N-dealkylation sites (N-methyl/N-ethyl adjacent to an activating group) is 1. The number of hydrogen-bond acceptors (Lipinski definition) is 8. The number of carbonyl (C=O) groups is 1. The maximum atomic E-state index is 12.4. The summed E-state index contributed by atoms with van der Waals surface area (Å²) in [6.45, 7) is 3.55. The van der Waals surface area contributed by atoms with Crippen molar-refractivity contribution < 1.29 is 19.0 Å². The molecule has 2 N–H and O–H groups in total. The van der Waals surface area contributed by atoms with Gasteiger partial charge in [-0.3, -0.25) is 4.79 Å². The molecule has 194 valence electrons. The molecular formula is C26H29ClN6O4. The Morgan fingerprint density at radius 3 is 2.73 bits per heavy atom. The molecule has 0 fully saturated rings. The maximum absolute atomic E-state index is 12.4. The van der Waals surface area contributed by atoms with Gasteiger partial charge in [0.05, 0.1) is 17.7 Å². The van der Waals surface area contributed by atoms with Crippen LogP contribution >= 0.6 is 11.6 Å². The van der Waals surface area contributed by atoms with Crippen LogP contribution < -0.4 is 14.8 Å². The molecule has 1 atom stereocenters. The normalized spacial score (nSPS) is 12.1. The van der Waals surface area contributed by atoms with Gasteiger partial charge < -0.3 is 29.4 Å². The quantitative estimate of drug-likeness (QED) is 0.300. The summed E-state index contributed by atoms with van der Waals surface area (Å²) in [5, 5.41) is 3.04. The largest absolute Gasteiger partial charge is 0.488 e. The van der Waals surface area contributed by atoms with Crippen molar-refractivity contribution in [3.8, 4) is 28.8 Å². The smallest absolute Gasteiger partial charge is 0.252 e. The van der Waals surface area contributed by atoms with Crippen molar-refractivity contribution in [1.82, 2.24) is 30.2 Å². The molecule has 10 nitrogen and oxygen atoms in total. The van der Waals surface area contributed by atoms with Crippen molar-refractivity contribution in [2.75, 3.05) is 40.9 Å². The topological polar surface area (TPSA) is 114 Å². The first-order chi connectivity index (χ1) is 17.8. The highest BCUT2D eigenvalue weighted by Gasteiger charge is 2.15. The van der Waals surface area contributed by atoms with Gasteiger partial charge >= 0.3 is 0 Å². The molecule has 1 amide bonds. The fraction of sp³-hybridized carbons (Fsp3) is 0.308. The number of ether oxygens (including phenoxy) is 3. The zero-order valence-corrected chi connectivity index (χ0v) is 21.9. The van der Waals surface area contributed by atoms with Gasteiger partial charge in [-0.15, -0.1) is 0 Å². The lowest BCUT2D eigenvalue weighted by molar-refractivity contribution is 0.0920. The Bertz CT molecular complexity index is 1340. The van der Waals surface area contributed by atoms with E-state index in [4.69, 9.17) is 25.8 Å². The Morgan fingerprint density at radius 2 is 2.00 bits per heavy atom. The number of hydrogen-bond donors (Lipinski definition) is 2. The van der Waals surface area contributed by atoms with Gasteiger partial charge in [0.25, 0.3) is 5.91 Å². The Hall–Kier alpha value is -3.73. The second-order valence-corrected chi connectivity index (χ2v) is 9.12. The summed E-state index contributed by atoms with van der Waals surface area (Å²) >= 11 is 6.43. The molecule has 11 heteroatoms. The van der Waals surface area contributed by atoms with E-state index in [0.29, 0.717) is 41.7 Å². The molecular weight excluding hydrogens is 496 g/mol. The Kier molecular flexibility index (Phi) is 8.54. The van der Waals surface area contributed by atoms with E-state index in [1.165, 1.54) is 12.3 Å². The van der Waals surface area contributed by atoms with Crippen LogP contribution in [0.2, 0.25) is 5.02 Å². The first-order valence-electron chi connectivity index (χ1n) is 11.7.